The Bertz CT molecular complexity index is 988. The summed E-state index contributed by atoms with van der Waals surface area (Å²) in [6.45, 7) is 13.7. The zero-order valence-electron chi connectivity index (χ0n) is 20.7. The van der Waals surface area contributed by atoms with Gasteiger partial charge in [0, 0.05) is 50.4 Å². The topological polar surface area (TPSA) is 67.2 Å². The Labute approximate surface area is 199 Å². The molecule has 0 aromatic carbocycles. The number of anilines is 1. The Morgan fingerprint density at radius 2 is 1.62 bits per heavy atom. The molecular weight excluding hydrogens is 445 g/mol. The molecule has 188 valence electrons. The first kappa shape index (κ1) is 26.1. The normalized spacial score (nSPS) is 15.9. The van der Waals surface area contributed by atoms with Gasteiger partial charge in [0.25, 0.3) is 0 Å². The van der Waals surface area contributed by atoms with E-state index in [4.69, 9.17) is 0 Å². The first-order valence-corrected chi connectivity index (χ1v) is 11.9. The van der Waals surface area contributed by atoms with Crippen LogP contribution in [0.5, 0.6) is 0 Å². The first-order chi connectivity index (χ1) is 15.8. The largest absolute Gasteiger partial charge is 0.433 e. The van der Waals surface area contributed by atoms with Crippen LogP contribution in [0.1, 0.15) is 70.6 Å². The van der Waals surface area contributed by atoms with E-state index in [-0.39, 0.29) is 17.4 Å². The maximum atomic E-state index is 13.4. The van der Waals surface area contributed by atoms with Crippen molar-refractivity contribution >= 4 is 5.82 Å². The third-order valence-corrected chi connectivity index (χ3v) is 5.98. The molecular formula is C24H35F3N6O. The summed E-state index contributed by atoms with van der Waals surface area (Å²) in [5.74, 6) is 0.762. The average Bonchev–Trinajstić information content (AvgIpc) is 2.76. The predicted octanol–water partition coefficient (Wildman–Crippen LogP) is 4.08. The SMILES string of the molecule is CC(C)c1ccn(CCCCN2CCN(c3cc(C(F)(F)F)nc(C(C)(C)C)n3)CC2)c(=O)n1. The van der Waals surface area contributed by atoms with Crippen LogP contribution in [-0.4, -0.2) is 57.1 Å². The fourth-order valence-corrected chi connectivity index (χ4v) is 3.83. The van der Waals surface area contributed by atoms with Crippen LogP contribution in [0.2, 0.25) is 0 Å². The molecule has 0 atom stereocenters. The van der Waals surface area contributed by atoms with Gasteiger partial charge in [0.05, 0.1) is 5.69 Å². The third kappa shape index (κ3) is 6.77. The summed E-state index contributed by atoms with van der Waals surface area (Å²) in [5.41, 5.74) is -0.877. The maximum absolute atomic E-state index is 13.4. The summed E-state index contributed by atoms with van der Waals surface area (Å²) in [7, 11) is 0. The van der Waals surface area contributed by atoms with Crippen molar-refractivity contribution in [3.8, 4) is 0 Å². The Hall–Kier alpha value is -2.49. The van der Waals surface area contributed by atoms with Crippen LogP contribution in [0, 0.1) is 0 Å². The lowest BCUT2D eigenvalue weighted by Crippen LogP contribution is -2.47. The highest BCUT2D eigenvalue weighted by atomic mass is 19.4. The first-order valence-electron chi connectivity index (χ1n) is 11.9. The third-order valence-electron chi connectivity index (χ3n) is 5.98. The van der Waals surface area contributed by atoms with Crippen molar-refractivity contribution in [3.63, 3.8) is 0 Å². The molecule has 2 aromatic heterocycles. The second-order valence-electron chi connectivity index (χ2n) is 10.2. The molecule has 0 N–H and O–H groups in total. The molecule has 3 heterocycles. The van der Waals surface area contributed by atoms with Crippen LogP contribution in [-0.2, 0) is 18.1 Å². The molecule has 7 nitrogen and oxygen atoms in total. The number of aryl methyl sites for hydroxylation is 1. The van der Waals surface area contributed by atoms with E-state index in [9.17, 15) is 18.0 Å². The molecule has 0 bridgehead atoms. The van der Waals surface area contributed by atoms with Crippen molar-refractivity contribution < 1.29 is 13.2 Å². The molecule has 1 aliphatic heterocycles. The van der Waals surface area contributed by atoms with Gasteiger partial charge in [-0.05, 0) is 31.4 Å². The van der Waals surface area contributed by atoms with Crippen molar-refractivity contribution in [1.29, 1.82) is 0 Å². The molecule has 0 amide bonds. The number of nitrogens with zero attached hydrogens (tertiary/aromatic N) is 6. The number of hydrogen-bond donors (Lipinski definition) is 0. The average molecular weight is 481 g/mol. The van der Waals surface area contributed by atoms with Gasteiger partial charge in [-0.15, -0.1) is 0 Å². The smallest absolute Gasteiger partial charge is 0.354 e. The highest BCUT2D eigenvalue weighted by molar-refractivity contribution is 5.42. The van der Waals surface area contributed by atoms with Gasteiger partial charge in [-0.1, -0.05) is 34.6 Å². The summed E-state index contributed by atoms with van der Waals surface area (Å²) in [5, 5.41) is 0. The lowest BCUT2D eigenvalue weighted by molar-refractivity contribution is -0.141. The van der Waals surface area contributed by atoms with Gasteiger partial charge in [0.1, 0.15) is 17.3 Å². The van der Waals surface area contributed by atoms with Gasteiger partial charge in [0.2, 0.25) is 0 Å². The standard InChI is InChI=1S/C24H35F3N6O/c1-17(2)18-8-11-33(22(34)28-18)10-7-6-9-31-12-14-32(15-13-31)20-16-19(24(25,26)27)29-21(30-20)23(3,4)5/h8,11,16-17H,6-7,9-10,12-15H2,1-5H3. The molecule has 0 unspecified atom stereocenters. The van der Waals surface area contributed by atoms with Gasteiger partial charge >= 0.3 is 11.9 Å². The quantitative estimate of drug-likeness (QED) is 0.557. The van der Waals surface area contributed by atoms with Crippen molar-refractivity contribution in [2.75, 3.05) is 37.6 Å². The zero-order chi connectivity index (χ0) is 25.1. The van der Waals surface area contributed by atoms with Gasteiger partial charge in [-0.2, -0.15) is 18.2 Å². The highest BCUT2D eigenvalue weighted by Crippen LogP contribution is 2.32. The number of alkyl halides is 3. The summed E-state index contributed by atoms with van der Waals surface area (Å²) >= 11 is 0. The fraction of sp³-hybridized carbons (Fsp3) is 0.667. The second kappa shape index (κ2) is 10.4. The van der Waals surface area contributed by atoms with Crippen LogP contribution in [0.15, 0.2) is 23.1 Å². The van der Waals surface area contributed by atoms with Crippen molar-refractivity contribution in [1.82, 2.24) is 24.4 Å². The predicted molar refractivity (Wildman–Crippen MR) is 126 cm³/mol. The van der Waals surface area contributed by atoms with Crippen LogP contribution in [0.3, 0.4) is 0 Å². The van der Waals surface area contributed by atoms with Gasteiger partial charge in [0.15, 0.2) is 0 Å². The number of aromatic nitrogens is 4. The molecule has 0 spiro atoms. The van der Waals surface area contributed by atoms with Gasteiger partial charge in [-0.25, -0.2) is 14.8 Å². The minimum atomic E-state index is -4.51. The van der Waals surface area contributed by atoms with Crippen LogP contribution < -0.4 is 10.6 Å². The van der Waals surface area contributed by atoms with E-state index >= 15 is 0 Å². The maximum Gasteiger partial charge on any atom is 0.433 e. The number of halogens is 3. The second-order valence-corrected chi connectivity index (χ2v) is 10.2. The van der Waals surface area contributed by atoms with Crippen molar-refractivity contribution in [2.24, 2.45) is 0 Å². The minimum Gasteiger partial charge on any atom is -0.354 e. The molecule has 2 aromatic rings. The lowest BCUT2D eigenvalue weighted by atomic mass is 9.95. The summed E-state index contributed by atoms with van der Waals surface area (Å²) in [6, 6.07) is 2.95. The van der Waals surface area contributed by atoms with E-state index in [1.165, 1.54) is 0 Å². The monoisotopic (exact) mass is 480 g/mol. The minimum absolute atomic E-state index is 0.200. The van der Waals surface area contributed by atoms with Crippen molar-refractivity contribution in [3.05, 3.63) is 46.0 Å². The van der Waals surface area contributed by atoms with Crippen molar-refractivity contribution in [2.45, 2.75) is 71.5 Å². The van der Waals surface area contributed by atoms with E-state index in [2.05, 4.69) is 19.9 Å². The van der Waals surface area contributed by atoms with Crippen LogP contribution in [0.25, 0.3) is 0 Å². The van der Waals surface area contributed by atoms with E-state index < -0.39 is 17.3 Å². The Morgan fingerprint density at radius 1 is 0.971 bits per heavy atom. The van der Waals surface area contributed by atoms with E-state index in [0.29, 0.717) is 25.5 Å². The Balaban J connectivity index is 1.52. The molecule has 1 saturated heterocycles. The van der Waals surface area contributed by atoms with E-state index in [0.717, 1.165) is 44.2 Å². The molecule has 0 aliphatic carbocycles. The molecule has 34 heavy (non-hydrogen) atoms. The number of rotatable bonds is 7. The molecule has 3 rings (SSSR count). The number of piperazine rings is 1. The summed E-state index contributed by atoms with van der Waals surface area (Å²) < 4.78 is 41.8. The number of hydrogen-bond acceptors (Lipinski definition) is 6. The van der Waals surface area contributed by atoms with Gasteiger partial charge < -0.3 is 4.90 Å². The summed E-state index contributed by atoms with van der Waals surface area (Å²) in [6.07, 6.45) is -0.908. The zero-order valence-corrected chi connectivity index (χ0v) is 20.7. The van der Waals surface area contributed by atoms with Crippen LogP contribution in [0.4, 0.5) is 19.0 Å². The lowest BCUT2D eigenvalue weighted by Gasteiger charge is -2.36. The van der Waals surface area contributed by atoms with Gasteiger partial charge in [-0.3, -0.25) is 9.47 Å². The van der Waals surface area contributed by atoms with E-state index in [1.54, 1.807) is 4.57 Å². The molecule has 1 fully saturated rings. The molecule has 0 saturated carbocycles. The Kier molecular flexibility index (Phi) is 8.00. The fourth-order valence-electron chi connectivity index (χ4n) is 3.83. The molecule has 0 radical (unpaired) electrons. The summed E-state index contributed by atoms with van der Waals surface area (Å²) in [4.78, 5) is 28.7. The Morgan fingerprint density at radius 3 is 2.18 bits per heavy atom. The number of unbranched alkanes of at least 4 members (excludes halogenated alkanes) is 1. The van der Waals surface area contributed by atoms with E-state index in [1.807, 2.05) is 51.8 Å². The molecule has 10 heteroatoms. The van der Waals surface area contributed by atoms with Crippen LogP contribution >= 0.6 is 0 Å². The molecule has 1 aliphatic rings. The highest BCUT2D eigenvalue weighted by Gasteiger charge is 2.35.